The lowest BCUT2D eigenvalue weighted by Crippen LogP contribution is -2.48. The molecule has 0 radical (unpaired) electrons. The maximum absolute atomic E-state index is 11.7. The molecule has 21 heavy (non-hydrogen) atoms. The van der Waals surface area contributed by atoms with Crippen LogP contribution >= 0.6 is 0 Å². The lowest BCUT2D eigenvalue weighted by Gasteiger charge is -2.31. The van der Waals surface area contributed by atoms with Crippen molar-refractivity contribution in [1.29, 1.82) is 0 Å². The van der Waals surface area contributed by atoms with Crippen LogP contribution in [0.5, 0.6) is 0 Å². The van der Waals surface area contributed by atoms with Crippen LogP contribution in [0.2, 0.25) is 0 Å². The Bertz CT molecular complexity index is 612. The van der Waals surface area contributed by atoms with Gasteiger partial charge in [0.25, 0.3) is 0 Å². The van der Waals surface area contributed by atoms with Crippen LogP contribution in [-0.2, 0) is 21.9 Å². The SMILES string of the molecule is CC1CN(Cc2cnn(C3(C)CCS(=O)(=O)C3)c2)CCN1. The Balaban J connectivity index is 1.69. The fourth-order valence-corrected chi connectivity index (χ4v) is 5.44. The topological polar surface area (TPSA) is 67.2 Å². The van der Waals surface area contributed by atoms with E-state index in [1.165, 1.54) is 0 Å². The Kier molecular flexibility index (Phi) is 3.83. The number of hydrogen-bond donors (Lipinski definition) is 1. The number of piperazine rings is 1. The molecule has 0 aliphatic carbocycles. The van der Waals surface area contributed by atoms with Crippen LogP contribution in [0.15, 0.2) is 12.4 Å². The van der Waals surface area contributed by atoms with Gasteiger partial charge in [0.2, 0.25) is 0 Å². The smallest absolute Gasteiger partial charge is 0.152 e. The second-order valence-electron chi connectivity index (χ2n) is 6.72. The summed E-state index contributed by atoms with van der Waals surface area (Å²) in [5.74, 6) is 0.472. The number of aromatic nitrogens is 2. The van der Waals surface area contributed by atoms with Crippen LogP contribution < -0.4 is 5.32 Å². The van der Waals surface area contributed by atoms with Gasteiger partial charge in [0, 0.05) is 44.0 Å². The average molecular weight is 312 g/mol. The Labute approximate surface area is 126 Å². The molecule has 2 fully saturated rings. The first-order valence-electron chi connectivity index (χ1n) is 7.57. The van der Waals surface area contributed by atoms with Crippen molar-refractivity contribution in [3.8, 4) is 0 Å². The van der Waals surface area contributed by atoms with E-state index < -0.39 is 9.84 Å². The predicted molar refractivity (Wildman–Crippen MR) is 81.9 cm³/mol. The Hall–Kier alpha value is -0.920. The summed E-state index contributed by atoms with van der Waals surface area (Å²) in [6.07, 6.45) is 4.55. The van der Waals surface area contributed by atoms with Crippen molar-refractivity contribution >= 4 is 9.84 Å². The van der Waals surface area contributed by atoms with Crippen LogP contribution in [0.25, 0.3) is 0 Å². The molecule has 1 aromatic rings. The van der Waals surface area contributed by atoms with E-state index in [4.69, 9.17) is 0 Å². The molecule has 2 atom stereocenters. The van der Waals surface area contributed by atoms with Gasteiger partial charge in [-0.05, 0) is 20.3 Å². The van der Waals surface area contributed by atoms with E-state index in [1.807, 2.05) is 24.0 Å². The van der Waals surface area contributed by atoms with Crippen LogP contribution in [0.1, 0.15) is 25.8 Å². The summed E-state index contributed by atoms with van der Waals surface area (Å²) in [5.41, 5.74) is 0.781. The van der Waals surface area contributed by atoms with Crippen LogP contribution in [-0.4, -0.2) is 60.3 Å². The van der Waals surface area contributed by atoms with Crippen LogP contribution in [0, 0.1) is 0 Å². The first-order chi connectivity index (χ1) is 9.86. The van der Waals surface area contributed by atoms with Crippen molar-refractivity contribution in [2.75, 3.05) is 31.1 Å². The van der Waals surface area contributed by atoms with Crippen molar-refractivity contribution in [2.45, 2.75) is 38.4 Å². The standard InChI is InChI=1S/C14H24N4O2S/c1-12-8-17(5-4-15-12)9-13-7-16-18(10-13)14(2)3-6-21(19,20)11-14/h7,10,12,15H,3-6,8-9,11H2,1-2H3. The second-order valence-corrected chi connectivity index (χ2v) is 8.91. The summed E-state index contributed by atoms with van der Waals surface area (Å²) in [6, 6.07) is 0.520. The molecule has 2 saturated heterocycles. The largest absolute Gasteiger partial charge is 0.312 e. The Morgan fingerprint density at radius 3 is 3.00 bits per heavy atom. The number of nitrogens with one attached hydrogen (secondary N) is 1. The van der Waals surface area contributed by atoms with Gasteiger partial charge in [-0.15, -0.1) is 0 Å². The summed E-state index contributed by atoms with van der Waals surface area (Å²) in [6.45, 7) is 8.17. The highest BCUT2D eigenvalue weighted by Gasteiger charge is 2.40. The Morgan fingerprint density at radius 1 is 1.52 bits per heavy atom. The van der Waals surface area contributed by atoms with E-state index in [2.05, 4.69) is 22.2 Å². The normalized spacial score (nSPS) is 33.3. The van der Waals surface area contributed by atoms with Gasteiger partial charge in [-0.2, -0.15) is 5.10 Å². The molecule has 2 unspecified atom stereocenters. The van der Waals surface area contributed by atoms with Crippen molar-refractivity contribution in [3.05, 3.63) is 18.0 Å². The van der Waals surface area contributed by atoms with Gasteiger partial charge in [0.15, 0.2) is 9.84 Å². The zero-order valence-electron chi connectivity index (χ0n) is 12.7. The third kappa shape index (κ3) is 3.30. The molecule has 7 heteroatoms. The second kappa shape index (κ2) is 5.37. The highest BCUT2D eigenvalue weighted by molar-refractivity contribution is 7.91. The number of sulfone groups is 1. The van der Waals surface area contributed by atoms with Crippen molar-refractivity contribution in [1.82, 2.24) is 20.0 Å². The van der Waals surface area contributed by atoms with Crippen LogP contribution in [0.3, 0.4) is 0 Å². The molecule has 0 aromatic carbocycles. The maximum atomic E-state index is 11.7. The van der Waals surface area contributed by atoms with Gasteiger partial charge in [0.1, 0.15) is 0 Å². The van der Waals surface area contributed by atoms with E-state index in [-0.39, 0.29) is 17.0 Å². The first-order valence-corrected chi connectivity index (χ1v) is 9.39. The highest BCUT2D eigenvalue weighted by atomic mass is 32.2. The summed E-state index contributed by atoms with van der Waals surface area (Å²) >= 11 is 0. The monoisotopic (exact) mass is 312 g/mol. The highest BCUT2D eigenvalue weighted by Crippen LogP contribution is 2.30. The first kappa shape index (κ1) is 15.0. The molecule has 0 amide bonds. The lowest BCUT2D eigenvalue weighted by molar-refractivity contribution is 0.199. The molecule has 1 N–H and O–H groups in total. The molecule has 0 bridgehead atoms. The van der Waals surface area contributed by atoms with Crippen molar-refractivity contribution in [3.63, 3.8) is 0 Å². The minimum atomic E-state index is -2.91. The fraction of sp³-hybridized carbons (Fsp3) is 0.786. The molecule has 3 heterocycles. The van der Waals surface area contributed by atoms with Crippen molar-refractivity contribution in [2.24, 2.45) is 0 Å². The Morgan fingerprint density at radius 2 is 2.33 bits per heavy atom. The molecule has 2 aliphatic heterocycles. The third-order valence-electron chi connectivity index (χ3n) is 4.53. The van der Waals surface area contributed by atoms with Gasteiger partial charge >= 0.3 is 0 Å². The minimum Gasteiger partial charge on any atom is -0.312 e. The van der Waals surface area contributed by atoms with E-state index >= 15 is 0 Å². The van der Waals surface area contributed by atoms with E-state index in [0.717, 1.165) is 31.7 Å². The summed E-state index contributed by atoms with van der Waals surface area (Å²) in [7, 11) is -2.91. The molecular formula is C14H24N4O2S. The predicted octanol–water partition coefficient (Wildman–Crippen LogP) is 0.211. The molecule has 2 aliphatic rings. The lowest BCUT2D eigenvalue weighted by atomic mass is 10.0. The quantitative estimate of drug-likeness (QED) is 0.864. The molecule has 118 valence electrons. The third-order valence-corrected chi connectivity index (χ3v) is 6.42. The molecule has 6 nitrogen and oxygen atoms in total. The summed E-state index contributed by atoms with van der Waals surface area (Å²) in [4.78, 5) is 2.41. The van der Waals surface area contributed by atoms with Crippen molar-refractivity contribution < 1.29 is 8.42 Å². The number of nitrogens with zero attached hydrogens (tertiary/aromatic N) is 3. The molecule has 1 aromatic heterocycles. The number of hydrogen-bond acceptors (Lipinski definition) is 5. The average Bonchev–Trinajstić information content (AvgIpc) is 2.95. The van der Waals surface area contributed by atoms with E-state index in [1.54, 1.807) is 0 Å². The van der Waals surface area contributed by atoms with Gasteiger partial charge in [-0.3, -0.25) is 9.58 Å². The van der Waals surface area contributed by atoms with Gasteiger partial charge in [0.05, 0.1) is 23.2 Å². The molecule has 3 rings (SSSR count). The summed E-state index contributed by atoms with van der Waals surface area (Å²) < 4.78 is 25.3. The van der Waals surface area contributed by atoms with Gasteiger partial charge in [-0.25, -0.2) is 8.42 Å². The van der Waals surface area contributed by atoms with E-state index in [0.29, 0.717) is 12.5 Å². The van der Waals surface area contributed by atoms with E-state index in [9.17, 15) is 8.42 Å². The number of rotatable bonds is 3. The zero-order chi connectivity index (χ0) is 15.1. The summed E-state index contributed by atoms with van der Waals surface area (Å²) in [5, 5.41) is 7.86. The molecular weight excluding hydrogens is 288 g/mol. The minimum absolute atomic E-state index is 0.200. The van der Waals surface area contributed by atoms with Crippen LogP contribution in [0.4, 0.5) is 0 Å². The zero-order valence-corrected chi connectivity index (χ0v) is 13.6. The molecule has 0 saturated carbocycles. The fourth-order valence-electron chi connectivity index (χ4n) is 3.33. The molecule has 0 spiro atoms. The van der Waals surface area contributed by atoms with Gasteiger partial charge in [-0.1, -0.05) is 0 Å². The van der Waals surface area contributed by atoms with Gasteiger partial charge < -0.3 is 5.32 Å². The maximum Gasteiger partial charge on any atom is 0.152 e.